The van der Waals surface area contributed by atoms with E-state index in [9.17, 15) is 8.42 Å². The minimum atomic E-state index is -3.67. The van der Waals surface area contributed by atoms with Crippen molar-refractivity contribution in [2.24, 2.45) is 11.1 Å². The minimum Gasteiger partial charge on any atom is -0.381 e. The van der Waals surface area contributed by atoms with E-state index in [0.29, 0.717) is 5.92 Å². The maximum absolute atomic E-state index is 11.3. The van der Waals surface area contributed by atoms with E-state index in [1.807, 2.05) is 4.68 Å². The predicted octanol–water partition coefficient (Wildman–Crippen LogP) is 1.11. The first kappa shape index (κ1) is 13.5. The Morgan fingerprint density at radius 1 is 1.35 bits per heavy atom. The molecule has 1 saturated heterocycles. The molecule has 1 aromatic heterocycles. The Morgan fingerprint density at radius 2 is 2.10 bits per heavy atom. The molecule has 0 spiro atoms. The van der Waals surface area contributed by atoms with E-state index in [2.05, 4.69) is 5.10 Å². The van der Waals surface area contributed by atoms with Gasteiger partial charge in [-0.15, -0.1) is 0 Å². The summed E-state index contributed by atoms with van der Waals surface area (Å²) in [5, 5.41) is 10.3. The van der Waals surface area contributed by atoms with Gasteiger partial charge in [0.15, 0.2) is 0 Å². The molecule has 7 heteroatoms. The van der Waals surface area contributed by atoms with Crippen LogP contribution in [0.25, 0.3) is 10.9 Å². The van der Waals surface area contributed by atoms with Crippen molar-refractivity contribution in [1.82, 2.24) is 9.78 Å². The molecule has 2 heterocycles. The van der Waals surface area contributed by atoms with Gasteiger partial charge in [-0.05, 0) is 37.0 Å². The summed E-state index contributed by atoms with van der Waals surface area (Å²) in [5.74, 6) is 0.560. The van der Waals surface area contributed by atoms with Gasteiger partial charge in [-0.25, -0.2) is 13.6 Å². The summed E-state index contributed by atoms with van der Waals surface area (Å²) in [4.78, 5) is 0.121. The summed E-state index contributed by atoms with van der Waals surface area (Å²) in [6.07, 6.45) is 3.76. The molecule has 0 saturated carbocycles. The van der Waals surface area contributed by atoms with Gasteiger partial charge in [-0.2, -0.15) is 5.10 Å². The molecule has 3 rings (SSSR count). The van der Waals surface area contributed by atoms with Crippen molar-refractivity contribution in [3.05, 3.63) is 24.4 Å². The maximum Gasteiger partial charge on any atom is 0.238 e. The summed E-state index contributed by atoms with van der Waals surface area (Å²) >= 11 is 0. The Labute approximate surface area is 117 Å². The van der Waals surface area contributed by atoms with Crippen LogP contribution in [-0.2, 0) is 21.3 Å². The molecule has 108 valence electrons. The first-order valence-electron chi connectivity index (χ1n) is 6.60. The number of fused-ring (bicyclic) bond motifs is 1. The van der Waals surface area contributed by atoms with Crippen LogP contribution in [0.5, 0.6) is 0 Å². The number of nitrogens with zero attached hydrogens (tertiary/aromatic N) is 2. The second-order valence-corrected chi connectivity index (χ2v) is 6.71. The fourth-order valence-corrected chi connectivity index (χ4v) is 3.11. The van der Waals surface area contributed by atoms with Gasteiger partial charge in [0.2, 0.25) is 10.0 Å². The minimum absolute atomic E-state index is 0.121. The van der Waals surface area contributed by atoms with Crippen molar-refractivity contribution in [3.63, 3.8) is 0 Å². The van der Waals surface area contributed by atoms with E-state index in [1.165, 1.54) is 6.07 Å². The highest BCUT2D eigenvalue weighted by atomic mass is 32.2. The molecule has 6 nitrogen and oxygen atoms in total. The number of hydrogen-bond donors (Lipinski definition) is 1. The zero-order valence-electron chi connectivity index (χ0n) is 11.0. The van der Waals surface area contributed by atoms with Crippen LogP contribution in [0.3, 0.4) is 0 Å². The number of benzene rings is 1. The summed E-state index contributed by atoms with van der Waals surface area (Å²) in [7, 11) is -3.67. The van der Waals surface area contributed by atoms with Crippen molar-refractivity contribution < 1.29 is 13.2 Å². The van der Waals surface area contributed by atoms with E-state index in [-0.39, 0.29) is 4.90 Å². The van der Waals surface area contributed by atoms with Gasteiger partial charge in [0.1, 0.15) is 0 Å². The fraction of sp³-hybridized carbons (Fsp3) is 0.462. The standard InChI is InChI=1S/C13H17N3O3S/c14-20(17,18)12-1-2-13-11(7-12)8-15-16(13)9-10-3-5-19-6-4-10/h1-2,7-8,10H,3-6,9H2,(H2,14,17,18). The lowest BCUT2D eigenvalue weighted by Gasteiger charge is -2.22. The summed E-state index contributed by atoms with van der Waals surface area (Å²) in [5.41, 5.74) is 0.934. The Morgan fingerprint density at radius 3 is 2.80 bits per heavy atom. The number of primary sulfonamides is 1. The largest absolute Gasteiger partial charge is 0.381 e. The van der Waals surface area contributed by atoms with Crippen LogP contribution in [0.2, 0.25) is 0 Å². The smallest absolute Gasteiger partial charge is 0.238 e. The van der Waals surface area contributed by atoms with Crippen LogP contribution in [0.1, 0.15) is 12.8 Å². The van der Waals surface area contributed by atoms with Crippen LogP contribution in [0.15, 0.2) is 29.3 Å². The van der Waals surface area contributed by atoms with Crippen molar-refractivity contribution >= 4 is 20.9 Å². The molecule has 0 aliphatic carbocycles. The van der Waals surface area contributed by atoms with Gasteiger partial charge < -0.3 is 4.74 Å². The Hall–Kier alpha value is -1.44. The van der Waals surface area contributed by atoms with Crippen molar-refractivity contribution in [1.29, 1.82) is 0 Å². The van der Waals surface area contributed by atoms with Gasteiger partial charge in [0, 0.05) is 25.1 Å². The quantitative estimate of drug-likeness (QED) is 0.919. The molecule has 1 aromatic carbocycles. The van der Waals surface area contributed by atoms with E-state index in [1.54, 1.807) is 18.3 Å². The molecule has 0 amide bonds. The Kier molecular flexibility index (Phi) is 3.49. The first-order chi connectivity index (χ1) is 9.54. The Bertz CT molecular complexity index is 718. The second kappa shape index (κ2) is 5.16. The van der Waals surface area contributed by atoms with Gasteiger partial charge in [-0.3, -0.25) is 4.68 Å². The molecule has 20 heavy (non-hydrogen) atoms. The van der Waals surface area contributed by atoms with Crippen LogP contribution in [0, 0.1) is 5.92 Å². The average Bonchev–Trinajstić information content (AvgIpc) is 2.81. The molecule has 1 fully saturated rings. The highest BCUT2D eigenvalue weighted by Gasteiger charge is 2.16. The first-order valence-corrected chi connectivity index (χ1v) is 8.15. The lowest BCUT2D eigenvalue weighted by molar-refractivity contribution is 0.0605. The van der Waals surface area contributed by atoms with E-state index in [4.69, 9.17) is 9.88 Å². The number of ether oxygens (including phenoxy) is 1. The zero-order chi connectivity index (χ0) is 14.2. The summed E-state index contributed by atoms with van der Waals surface area (Å²) in [6, 6.07) is 4.86. The third-order valence-electron chi connectivity index (χ3n) is 3.71. The number of aromatic nitrogens is 2. The molecule has 2 N–H and O–H groups in total. The van der Waals surface area contributed by atoms with Gasteiger partial charge in [-0.1, -0.05) is 0 Å². The molecule has 0 atom stereocenters. The second-order valence-electron chi connectivity index (χ2n) is 5.15. The number of nitrogens with two attached hydrogens (primary N) is 1. The zero-order valence-corrected chi connectivity index (χ0v) is 11.8. The monoisotopic (exact) mass is 295 g/mol. The molecule has 0 unspecified atom stereocenters. The SMILES string of the molecule is NS(=O)(=O)c1ccc2c(cnn2CC2CCOCC2)c1. The highest BCUT2D eigenvalue weighted by Crippen LogP contribution is 2.22. The van der Waals surface area contributed by atoms with Gasteiger partial charge in [0.25, 0.3) is 0 Å². The summed E-state index contributed by atoms with van der Waals surface area (Å²) < 4.78 is 30.0. The normalized spacial score (nSPS) is 17.6. The fourth-order valence-electron chi connectivity index (χ4n) is 2.56. The van der Waals surface area contributed by atoms with Crippen LogP contribution >= 0.6 is 0 Å². The van der Waals surface area contributed by atoms with Crippen LogP contribution < -0.4 is 5.14 Å². The molecular formula is C13H17N3O3S. The third-order valence-corrected chi connectivity index (χ3v) is 4.62. The van der Waals surface area contributed by atoms with Crippen molar-refractivity contribution in [3.8, 4) is 0 Å². The topological polar surface area (TPSA) is 87.2 Å². The molecular weight excluding hydrogens is 278 g/mol. The lowest BCUT2D eigenvalue weighted by Crippen LogP contribution is -2.20. The molecule has 0 bridgehead atoms. The maximum atomic E-state index is 11.3. The van der Waals surface area contributed by atoms with Gasteiger partial charge in [0.05, 0.1) is 16.6 Å². The van der Waals surface area contributed by atoms with E-state index < -0.39 is 10.0 Å². The van der Waals surface area contributed by atoms with Gasteiger partial charge >= 0.3 is 0 Å². The molecule has 2 aromatic rings. The predicted molar refractivity (Wildman–Crippen MR) is 74.6 cm³/mol. The highest BCUT2D eigenvalue weighted by molar-refractivity contribution is 7.89. The number of sulfonamides is 1. The Balaban J connectivity index is 1.89. The third kappa shape index (κ3) is 2.70. The van der Waals surface area contributed by atoms with Crippen LogP contribution in [-0.4, -0.2) is 31.4 Å². The van der Waals surface area contributed by atoms with Crippen molar-refractivity contribution in [2.45, 2.75) is 24.3 Å². The van der Waals surface area contributed by atoms with E-state index in [0.717, 1.165) is 43.5 Å². The lowest BCUT2D eigenvalue weighted by atomic mass is 10.0. The molecule has 1 aliphatic heterocycles. The van der Waals surface area contributed by atoms with E-state index >= 15 is 0 Å². The average molecular weight is 295 g/mol. The number of rotatable bonds is 3. The molecule has 1 aliphatic rings. The summed E-state index contributed by atoms with van der Waals surface area (Å²) in [6.45, 7) is 2.44. The van der Waals surface area contributed by atoms with Crippen molar-refractivity contribution in [2.75, 3.05) is 13.2 Å². The number of hydrogen-bond acceptors (Lipinski definition) is 4. The van der Waals surface area contributed by atoms with Crippen LogP contribution in [0.4, 0.5) is 0 Å². The molecule has 0 radical (unpaired) electrons.